The van der Waals surface area contributed by atoms with Gasteiger partial charge in [-0.1, -0.05) is 60.7 Å². The molecule has 4 rings (SSSR count). The van der Waals surface area contributed by atoms with Crippen LogP contribution in [0.2, 0.25) is 0 Å². The van der Waals surface area contributed by atoms with E-state index in [1.807, 2.05) is 50.5 Å². The van der Waals surface area contributed by atoms with Crippen LogP contribution in [0.5, 0.6) is 5.75 Å². The van der Waals surface area contributed by atoms with Gasteiger partial charge < -0.3 is 19.5 Å². The molecule has 0 spiro atoms. The van der Waals surface area contributed by atoms with Crippen molar-refractivity contribution in [1.29, 1.82) is 0 Å². The van der Waals surface area contributed by atoms with Crippen molar-refractivity contribution in [3.8, 4) is 5.75 Å². The van der Waals surface area contributed by atoms with Gasteiger partial charge in [-0.15, -0.1) is 0 Å². The van der Waals surface area contributed by atoms with Gasteiger partial charge in [0.1, 0.15) is 12.4 Å². The van der Waals surface area contributed by atoms with E-state index in [4.69, 9.17) is 4.74 Å². The van der Waals surface area contributed by atoms with Crippen LogP contribution in [0.15, 0.2) is 85.1 Å². The molecule has 0 fully saturated rings. The number of benzene rings is 3. The number of hydrogen-bond acceptors (Lipinski definition) is 3. The van der Waals surface area contributed by atoms with E-state index in [1.54, 1.807) is 0 Å². The maximum atomic E-state index is 13.0. The standard InChI is InChI=1S/C29H33N3O2/c1-31(2)17-16-30-29(33)19-26(27-20-32(3)28-15-8-7-14-25(27)28)23-12-9-13-24(18-23)34-21-22-10-5-4-6-11-22/h4-15,18,20,26H,16-17,19,21H2,1-3H3,(H,30,33). The lowest BCUT2D eigenvalue weighted by molar-refractivity contribution is -0.121. The predicted octanol–water partition coefficient (Wildman–Crippen LogP) is 4.96. The molecule has 1 atom stereocenters. The molecule has 1 heterocycles. The summed E-state index contributed by atoms with van der Waals surface area (Å²) in [5.41, 5.74) is 4.51. The van der Waals surface area contributed by atoms with Gasteiger partial charge in [-0.25, -0.2) is 0 Å². The van der Waals surface area contributed by atoms with Crippen LogP contribution in [0, 0.1) is 0 Å². The first-order chi connectivity index (χ1) is 16.5. The molecule has 0 aliphatic heterocycles. The zero-order valence-corrected chi connectivity index (χ0v) is 20.2. The molecule has 1 aromatic heterocycles. The molecule has 3 aromatic carbocycles. The van der Waals surface area contributed by atoms with Crippen molar-refractivity contribution in [2.45, 2.75) is 18.9 Å². The zero-order chi connectivity index (χ0) is 23.9. The molecule has 0 aliphatic rings. The number of hydrogen-bond donors (Lipinski definition) is 1. The molecule has 5 heteroatoms. The lowest BCUT2D eigenvalue weighted by Crippen LogP contribution is -2.32. The quantitative estimate of drug-likeness (QED) is 0.368. The third-order valence-corrected chi connectivity index (χ3v) is 6.08. The highest BCUT2D eigenvalue weighted by atomic mass is 16.5. The number of para-hydroxylation sites is 1. The number of fused-ring (bicyclic) bond motifs is 1. The number of carbonyl (C=O) groups excluding carboxylic acids is 1. The van der Waals surface area contributed by atoms with E-state index in [0.717, 1.165) is 34.5 Å². The molecule has 0 saturated carbocycles. The zero-order valence-electron chi connectivity index (χ0n) is 20.2. The van der Waals surface area contributed by atoms with Gasteiger partial charge in [0.2, 0.25) is 5.91 Å². The third-order valence-electron chi connectivity index (χ3n) is 6.08. The van der Waals surface area contributed by atoms with Crippen LogP contribution >= 0.6 is 0 Å². The number of rotatable bonds is 10. The minimum absolute atomic E-state index is 0.0513. The monoisotopic (exact) mass is 455 g/mol. The Bertz CT molecular complexity index is 1230. The number of ether oxygens (including phenoxy) is 1. The normalized spacial score (nSPS) is 12.1. The Labute approximate surface area is 202 Å². The number of aryl methyl sites for hydroxylation is 1. The average Bonchev–Trinajstić information content (AvgIpc) is 3.18. The molecule has 0 aliphatic carbocycles. The van der Waals surface area contributed by atoms with Crippen LogP contribution in [-0.2, 0) is 18.4 Å². The first-order valence-electron chi connectivity index (χ1n) is 11.7. The van der Waals surface area contributed by atoms with Gasteiger partial charge >= 0.3 is 0 Å². The highest BCUT2D eigenvalue weighted by molar-refractivity contribution is 5.86. The van der Waals surface area contributed by atoms with Crippen molar-refractivity contribution in [1.82, 2.24) is 14.8 Å². The van der Waals surface area contributed by atoms with Gasteiger partial charge in [0, 0.05) is 49.6 Å². The fourth-order valence-electron chi connectivity index (χ4n) is 4.30. The predicted molar refractivity (Wildman–Crippen MR) is 138 cm³/mol. The maximum Gasteiger partial charge on any atom is 0.220 e. The lowest BCUT2D eigenvalue weighted by atomic mass is 9.88. The molecule has 0 bridgehead atoms. The fourth-order valence-corrected chi connectivity index (χ4v) is 4.30. The molecule has 0 radical (unpaired) electrons. The van der Waals surface area contributed by atoms with Crippen molar-refractivity contribution >= 4 is 16.8 Å². The Kier molecular flexibility index (Phi) is 7.65. The van der Waals surface area contributed by atoms with E-state index < -0.39 is 0 Å². The van der Waals surface area contributed by atoms with Gasteiger partial charge in [0.05, 0.1) is 0 Å². The minimum Gasteiger partial charge on any atom is -0.489 e. The Morgan fingerprint density at radius 2 is 1.76 bits per heavy atom. The van der Waals surface area contributed by atoms with Crippen LogP contribution in [0.3, 0.4) is 0 Å². The molecule has 1 N–H and O–H groups in total. The van der Waals surface area contributed by atoms with E-state index in [9.17, 15) is 4.79 Å². The third kappa shape index (κ3) is 5.86. The van der Waals surface area contributed by atoms with Gasteiger partial charge in [-0.05, 0) is 49.0 Å². The summed E-state index contributed by atoms with van der Waals surface area (Å²) in [6.07, 6.45) is 2.53. The van der Waals surface area contributed by atoms with E-state index in [1.165, 1.54) is 5.39 Å². The van der Waals surface area contributed by atoms with E-state index in [2.05, 4.69) is 70.5 Å². The molecule has 1 amide bonds. The summed E-state index contributed by atoms with van der Waals surface area (Å²) in [7, 11) is 6.07. The van der Waals surface area contributed by atoms with Crippen LogP contribution < -0.4 is 10.1 Å². The van der Waals surface area contributed by atoms with Gasteiger partial charge in [-0.2, -0.15) is 0 Å². The topological polar surface area (TPSA) is 46.5 Å². The van der Waals surface area contributed by atoms with Gasteiger partial charge in [0.15, 0.2) is 0 Å². The second-order valence-corrected chi connectivity index (χ2v) is 8.97. The second kappa shape index (κ2) is 11.0. The van der Waals surface area contributed by atoms with Gasteiger partial charge in [0.25, 0.3) is 0 Å². The fraction of sp³-hybridized carbons (Fsp3) is 0.276. The van der Waals surface area contributed by atoms with Crippen LogP contribution in [0.4, 0.5) is 0 Å². The summed E-state index contributed by atoms with van der Waals surface area (Å²) in [5, 5.41) is 4.25. The SMILES string of the molecule is CN(C)CCNC(=O)CC(c1cccc(OCc2ccccc2)c1)c1cn(C)c2ccccc12. The number of nitrogens with one attached hydrogen (secondary N) is 1. The van der Waals surface area contributed by atoms with E-state index >= 15 is 0 Å². The molecular formula is C29H33N3O2. The summed E-state index contributed by atoms with van der Waals surface area (Å²) in [6, 6.07) is 26.7. The highest BCUT2D eigenvalue weighted by Gasteiger charge is 2.22. The molecule has 4 aromatic rings. The molecule has 1 unspecified atom stereocenters. The number of aromatic nitrogens is 1. The Morgan fingerprint density at radius 3 is 2.56 bits per heavy atom. The Balaban J connectivity index is 1.62. The Hall–Kier alpha value is -3.57. The first kappa shape index (κ1) is 23.6. The first-order valence-corrected chi connectivity index (χ1v) is 11.7. The van der Waals surface area contributed by atoms with E-state index in [-0.39, 0.29) is 11.8 Å². The number of carbonyl (C=O) groups is 1. The van der Waals surface area contributed by atoms with Gasteiger partial charge in [-0.3, -0.25) is 4.79 Å². The van der Waals surface area contributed by atoms with Crippen molar-refractivity contribution in [2.75, 3.05) is 27.2 Å². The molecule has 34 heavy (non-hydrogen) atoms. The van der Waals surface area contributed by atoms with Crippen LogP contribution in [0.25, 0.3) is 10.9 Å². The number of likely N-dealkylation sites (N-methyl/N-ethyl adjacent to an activating group) is 1. The molecule has 5 nitrogen and oxygen atoms in total. The van der Waals surface area contributed by atoms with E-state index in [0.29, 0.717) is 19.6 Å². The Morgan fingerprint density at radius 1 is 1.00 bits per heavy atom. The second-order valence-electron chi connectivity index (χ2n) is 8.97. The summed E-state index contributed by atoms with van der Waals surface area (Å²) < 4.78 is 8.23. The number of amides is 1. The largest absolute Gasteiger partial charge is 0.489 e. The van der Waals surface area contributed by atoms with Crippen LogP contribution in [0.1, 0.15) is 29.0 Å². The lowest BCUT2D eigenvalue weighted by Gasteiger charge is -2.19. The maximum absolute atomic E-state index is 13.0. The highest BCUT2D eigenvalue weighted by Crippen LogP contribution is 2.35. The summed E-state index contributed by atoms with van der Waals surface area (Å²) in [5.74, 6) is 0.778. The summed E-state index contributed by atoms with van der Waals surface area (Å²) in [4.78, 5) is 15.0. The van der Waals surface area contributed by atoms with Crippen molar-refractivity contribution in [3.63, 3.8) is 0 Å². The van der Waals surface area contributed by atoms with Crippen molar-refractivity contribution < 1.29 is 9.53 Å². The summed E-state index contributed by atoms with van der Waals surface area (Å²) >= 11 is 0. The molecular weight excluding hydrogens is 422 g/mol. The summed E-state index contributed by atoms with van der Waals surface area (Å²) in [6.45, 7) is 1.95. The van der Waals surface area contributed by atoms with Crippen molar-refractivity contribution in [2.24, 2.45) is 7.05 Å². The van der Waals surface area contributed by atoms with Crippen molar-refractivity contribution in [3.05, 3.63) is 102 Å². The number of nitrogens with zero attached hydrogens (tertiary/aromatic N) is 2. The van der Waals surface area contributed by atoms with Crippen LogP contribution in [-0.4, -0.2) is 42.6 Å². The average molecular weight is 456 g/mol. The smallest absolute Gasteiger partial charge is 0.220 e. The minimum atomic E-state index is -0.0780. The molecule has 0 saturated heterocycles. The molecule has 176 valence electrons.